The molecule has 0 fully saturated rings. The third kappa shape index (κ3) is 7.19. The van der Waals surface area contributed by atoms with Crippen LogP contribution in [0.3, 0.4) is 0 Å². The molecule has 5 nitrogen and oxygen atoms in total. The Morgan fingerprint density at radius 1 is 1.54 bits per heavy atom. The maximum atomic E-state index is 11.1. The molecule has 0 heterocycles. The van der Waals surface area contributed by atoms with E-state index in [1.165, 1.54) is 0 Å². The fourth-order valence-corrected chi connectivity index (χ4v) is 1.07. The van der Waals surface area contributed by atoms with Crippen LogP contribution in [0.4, 0.5) is 0 Å². The van der Waals surface area contributed by atoms with E-state index in [9.17, 15) is 9.36 Å². The summed E-state index contributed by atoms with van der Waals surface area (Å²) >= 11 is 3.12. The van der Waals surface area contributed by atoms with Gasteiger partial charge in [-0.2, -0.15) is 0 Å². The molecule has 7 heteroatoms. The molecule has 0 atom stereocenters. The van der Waals surface area contributed by atoms with Gasteiger partial charge < -0.3 is 15.1 Å². The number of alkyl halides is 1. The van der Waals surface area contributed by atoms with Crippen LogP contribution in [-0.4, -0.2) is 32.7 Å². The summed E-state index contributed by atoms with van der Waals surface area (Å²) in [5.41, 5.74) is 0. The van der Waals surface area contributed by atoms with Gasteiger partial charge in [0.25, 0.3) is 0 Å². The first-order chi connectivity index (χ1) is 5.63. The van der Waals surface area contributed by atoms with Crippen LogP contribution in [0, 0.1) is 0 Å². The van der Waals surface area contributed by atoms with Gasteiger partial charge in [0.05, 0.1) is 10.5 Å². The lowest BCUT2D eigenvalue weighted by atomic mass is 10.2. The van der Waals surface area contributed by atoms with E-state index in [4.69, 9.17) is 9.79 Å². The van der Waals surface area contributed by atoms with Crippen molar-refractivity contribution in [1.82, 2.24) is 5.32 Å². The molecule has 78 valence electrons. The molecular formula is C6H13BrNO4P. The first-order valence-corrected chi connectivity index (χ1v) is 6.24. The van der Waals surface area contributed by atoms with Crippen molar-refractivity contribution < 1.29 is 19.1 Å². The highest BCUT2D eigenvalue weighted by Crippen LogP contribution is 2.32. The maximum Gasteiger partial charge on any atom is 0.327 e. The minimum absolute atomic E-state index is 0.0157. The van der Waals surface area contributed by atoms with Crippen molar-refractivity contribution in [3.8, 4) is 0 Å². The first-order valence-electron chi connectivity index (χ1n) is 3.65. The van der Waals surface area contributed by atoms with Gasteiger partial charge in [0.15, 0.2) is 0 Å². The number of amides is 1. The van der Waals surface area contributed by atoms with Crippen molar-refractivity contribution >= 4 is 29.4 Å². The lowest BCUT2D eigenvalue weighted by molar-refractivity contribution is -0.122. The van der Waals surface area contributed by atoms with E-state index in [2.05, 4.69) is 21.2 Å². The standard InChI is InChI=1S/C6H13BrNO4P/c1-6(2,7)5(9)8-3-4-13(10,11)12/h3-4H2,1-2H3,(H,8,9)(H2,10,11,12). The largest absolute Gasteiger partial charge is 0.354 e. The minimum atomic E-state index is -4.00. The summed E-state index contributed by atoms with van der Waals surface area (Å²) in [6.45, 7) is 3.29. The van der Waals surface area contributed by atoms with Crippen LogP contribution in [0.2, 0.25) is 0 Å². The van der Waals surface area contributed by atoms with Crippen molar-refractivity contribution in [1.29, 1.82) is 0 Å². The quantitative estimate of drug-likeness (QED) is 0.513. The summed E-state index contributed by atoms with van der Waals surface area (Å²) in [6, 6.07) is 0. The first kappa shape index (κ1) is 13.1. The number of rotatable bonds is 4. The fourth-order valence-electron chi connectivity index (χ4n) is 0.525. The lowest BCUT2D eigenvalue weighted by Gasteiger charge is -2.15. The molecule has 0 spiro atoms. The monoisotopic (exact) mass is 273 g/mol. The number of nitrogens with one attached hydrogen (secondary N) is 1. The van der Waals surface area contributed by atoms with Gasteiger partial charge in [0, 0.05) is 6.54 Å². The average molecular weight is 274 g/mol. The van der Waals surface area contributed by atoms with Crippen molar-refractivity contribution in [2.24, 2.45) is 0 Å². The van der Waals surface area contributed by atoms with Gasteiger partial charge in [-0.25, -0.2) is 0 Å². The van der Waals surface area contributed by atoms with Gasteiger partial charge >= 0.3 is 7.60 Å². The van der Waals surface area contributed by atoms with Crippen molar-refractivity contribution in [3.05, 3.63) is 0 Å². The van der Waals surface area contributed by atoms with E-state index >= 15 is 0 Å². The van der Waals surface area contributed by atoms with Crippen LogP contribution < -0.4 is 5.32 Å². The van der Waals surface area contributed by atoms with E-state index in [-0.39, 0.29) is 18.6 Å². The second-order valence-electron chi connectivity index (χ2n) is 3.12. The summed E-state index contributed by atoms with van der Waals surface area (Å²) in [7, 11) is -4.00. The average Bonchev–Trinajstić information content (AvgIpc) is 1.82. The minimum Gasteiger partial charge on any atom is -0.354 e. The molecular weight excluding hydrogens is 261 g/mol. The highest BCUT2D eigenvalue weighted by atomic mass is 79.9. The van der Waals surface area contributed by atoms with Crippen LogP contribution in [-0.2, 0) is 9.36 Å². The predicted molar refractivity (Wildman–Crippen MR) is 52.9 cm³/mol. The molecule has 0 aromatic carbocycles. The molecule has 0 saturated heterocycles. The number of hydrogen-bond donors (Lipinski definition) is 3. The molecule has 0 aromatic rings. The summed E-state index contributed by atoms with van der Waals surface area (Å²) in [5.74, 6) is -0.291. The third-order valence-corrected chi connectivity index (χ3v) is 2.39. The predicted octanol–water partition coefficient (Wildman–Crippen LogP) is 0.454. The Morgan fingerprint density at radius 3 is 2.31 bits per heavy atom. The summed E-state index contributed by atoms with van der Waals surface area (Å²) in [5, 5.41) is 2.40. The van der Waals surface area contributed by atoms with Crippen LogP contribution in [0.15, 0.2) is 0 Å². The molecule has 0 rings (SSSR count). The lowest BCUT2D eigenvalue weighted by Crippen LogP contribution is -2.38. The zero-order chi connectivity index (χ0) is 10.7. The Balaban J connectivity index is 3.80. The van der Waals surface area contributed by atoms with Crippen LogP contribution in [0.25, 0.3) is 0 Å². The summed E-state index contributed by atoms with van der Waals surface area (Å²) in [4.78, 5) is 28.1. The topological polar surface area (TPSA) is 86.6 Å². The highest BCUT2D eigenvalue weighted by molar-refractivity contribution is 9.10. The fraction of sp³-hybridized carbons (Fsp3) is 0.833. The Labute approximate surface area is 85.2 Å². The highest BCUT2D eigenvalue weighted by Gasteiger charge is 2.23. The molecule has 0 radical (unpaired) electrons. The zero-order valence-corrected chi connectivity index (χ0v) is 9.93. The van der Waals surface area contributed by atoms with E-state index in [1.807, 2.05) is 0 Å². The smallest absolute Gasteiger partial charge is 0.327 e. The van der Waals surface area contributed by atoms with Gasteiger partial charge in [-0.05, 0) is 13.8 Å². The molecule has 0 bridgehead atoms. The van der Waals surface area contributed by atoms with Gasteiger partial charge in [-0.15, -0.1) is 0 Å². The van der Waals surface area contributed by atoms with Crippen LogP contribution in [0.5, 0.6) is 0 Å². The summed E-state index contributed by atoms with van der Waals surface area (Å²) < 4.78 is 9.69. The molecule has 0 aliphatic heterocycles. The van der Waals surface area contributed by atoms with Crippen LogP contribution >= 0.6 is 23.5 Å². The normalized spacial score (nSPS) is 12.7. The zero-order valence-electron chi connectivity index (χ0n) is 7.45. The van der Waals surface area contributed by atoms with E-state index in [0.717, 1.165) is 0 Å². The van der Waals surface area contributed by atoms with Crippen molar-refractivity contribution in [2.75, 3.05) is 12.7 Å². The molecule has 0 aromatic heterocycles. The Hall–Kier alpha value is 0.1000. The number of hydrogen-bond acceptors (Lipinski definition) is 2. The van der Waals surface area contributed by atoms with Gasteiger partial charge in [-0.3, -0.25) is 9.36 Å². The Kier molecular flexibility index (Phi) is 4.59. The third-order valence-electron chi connectivity index (χ3n) is 1.23. The molecule has 1 amide bonds. The van der Waals surface area contributed by atoms with Gasteiger partial charge in [0.1, 0.15) is 0 Å². The Bertz CT molecular complexity index is 231. The molecule has 3 N–H and O–H groups in total. The van der Waals surface area contributed by atoms with Gasteiger partial charge in [-0.1, -0.05) is 15.9 Å². The van der Waals surface area contributed by atoms with Crippen molar-refractivity contribution in [2.45, 2.75) is 18.2 Å². The number of halogens is 1. The van der Waals surface area contributed by atoms with E-state index < -0.39 is 11.9 Å². The molecule has 13 heavy (non-hydrogen) atoms. The van der Waals surface area contributed by atoms with Crippen molar-refractivity contribution in [3.63, 3.8) is 0 Å². The summed E-state index contributed by atoms with van der Waals surface area (Å²) in [6.07, 6.45) is -0.332. The van der Waals surface area contributed by atoms with Gasteiger partial charge in [0.2, 0.25) is 5.91 Å². The molecule has 0 unspecified atom stereocenters. The second kappa shape index (κ2) is 4.55. The Morgan fingerprint density at radius 2 is 2.00 bits per heavy atom. The molecule has 0 aliphatic carbocycles. The molecule has 0 saturated carbocycles. The maximum absolute atomic E-state index is 11.1. The molecule has 0 aliphatic rings. The van der Waals surface area contributed by atoms with E-state index in [1.54, 1.807) is 13.8 Å². The van der Waals surface area contributed by atoms with Crippen LogP contribution in [0.1, 0.15) is 13.8 Å². The SMILES string of the molecule is CC(C)(Br)C(=O)NCCP(=O)(O)O. The second-order valence-corrected chi connectivity index (χ2v) is 6.88. The van der Waals surface area contributed by atoms with E-state index in [0.29, 0.717) is 0 Å². The number of carbonyl (C=O) groups is 1. The number of carbonyl (C=O) groups excluding carboxylic acids is 1.